The first-order valence-corrected chi connectivity index (χ1v) is 5.40. The van der Waals surface area contributed by atoms with Crippen molar-refractivity contribution in [3.8, 4) is 0 Å². The van der Waals surface area contributed by atoms with Gasteiger partial charge in [0.25, 0.3) is 0 Å². The van der Waals surface area contributed by atoms with E-state index >= 15 is 0 Å². The quantitative estimate of drug-likeness (QED) is 0.533. The summed E-state index contributed by atoms with van der Waals surface area (Å²) in [5.41, 5.74) is 0. The Morgan fingerprint density at radius 3 is 2.62 bits per heavy atom. The number of methoxy groups -OCH3 is 1. The Morgan fingerprint density at radius 2 is 2.08 bits per heavy atom. The van der Waals surface area contributed by atoms with Gasteiger partial charge in [0.15, 0.2) is 0 Å². The summed E-state index contributed by atoms with van der Waals surface area (Å²) in [5.74, 6) is -0.288. The first-order chi connectivity index (χ1) is 6.16. The molecular formula is C9H14Cl2O2. The molecule has 2 nitrogen and oxygen atoms in total. The van der Waals surface area contributed by atoms with Crippen LogP contribution in [0.5, 0.6) is 0 Å². The molecule has 0 aromatic carbocycles. The van der Waals surface area contributed by atoms with E-state index in [0.29, 0.717) is 0 Å². The van der Waals surface area contributed by atoms with Crippen molar-refractivity contribution < 1.29 is 9.53 Å². The molecule has 4 heteroatoms. The average Bonchev–Trinajstić information content (AvgIpc) is 2.16. The zero-order chi connectivity index (χ0) is 9.84. The molecule has 1 saturated carbocycles. The zero-order valence-electron chi connectivity index (χ0n) is 7.63. The Hall–Kier alpha value is 0.0500. The summed E-state index contributed by atoms with van der Waals surface area (Å²) in [4.78, 5) is 11.1. The largest absolute Gasteiger partial charge is 0.468 e. The maximum absolute atomic E-state index is 11.1. The van der Waals surface area contributed by atoms with Crippen LogP contribution in [0.1, 0.15) is 25.7 Å². The predicted molar refractivity (Wildman–Crippen MR) is 53.3 cm³/mol. The number of hydrogen-bond acceptors (Lipinski definition) is 2. The molecule has 0 spiro atoms. The molecule has 13 heavy (non-hydrogen) atoms. The third-order valence-corrected chi connectivity index (χ3v) is 3.58. The number of alkyl halides is 2. The average molecular weight is 225 g/mol. The lowest BCUT2D eigenvalue weighted by Gasteiger charge is -2.29. The normalized spacial score (nSPS) is 31.0. The number of carbonyl (C=O) groups is 1. The van der Waals surface area contributed by atoms with Crippen LogP contribution in [-0.2, 0) is 9.53 Å². The summed E-state index contributed by atoms with van der Waals surface area (Å²) in [6.07, 6.45) is 4.12. The molecule has 0 aromatic rings. The number of carbonyl (C=O) groups excluding carboxylic acids is 1. The highest BCUT2D eigenvalue weighted by Gasteiger charge is 2.34. The molecule has 0 aromatic heterocycles. The molecule has 0 aliphatic heterocycles. The molecule has 0 radical (unpaired) electrons. The third kappa shape index (κ3) is 2.75. The molecule has 0 saturated heterocycles. The van der Waals surface area contributed by atoms with Crippen LogP contribution in [0.2, 0.25) is 0 Å². The van der Waals surface area contributed by atoms with E-state index in [4.69, 9.17) is 23.2 Å². The van der Waals surface area contributed by atoms with E-state index in [-0.39, 0.29) is 17.3 Å². The van der Waals surface area contributed by atoms with Gasteiger partial charge in [0.1, 0.15) is 5.38 Å². The second-order valence-electron chi connectivity index (χ2n) is 3.39. The van der Waals surface area contributed by atoms with Crippen LogP contribution < -0.4 is 0 Å². The van der Waals surface area contributed by atoms with E-state index in [1.165, 1.54) is 7.11 Å². The lowest BCUT2D eigenvalue weighted by atomic mass is 9.86. The molecule has 1 fully saturated rings. The molecule has 1 rings (SSSR count). The van der Waals surface area contributed by atoms with Gasteiger partial charge < -0.3 is 4.74 Å². The first-order valence-electron chi connectivity index (χ1n) is 4.52. The smallest absolute Gasteiger partial charge is 0.324 e. The van der Waals surface area contributed by atoms with Crippen molar-refractivity contribution in [3.05, 3.63) is 0 Å². The van der Waals surface area contributed by atoms with Crippen LogP contribution >= 0.6 is 23.2 Å². The van der Waals surface area contributed by atoms with E-state index < -0.39 is 5.38 Å². The Balaban J connectivity index is 2.53. The van der Waals surface area contributed by atoms with E-state index in [2.05, 4.69) is 4.74 Å². The highest BCUT2D eigenvalue weighted by Crippen LogP contribution is 2.33. The van der Waals surface area contributed by atoms with Crippen LogP contribution in [0, 0.1) is 5.92 Å². The molecule has 1 aliphatic carbocycles. The van der Waals surface area contributed by atoms with Gasteiger partial charge in [0.2, 0.25) is 0 Å². The van der Waals surface area contributed by atoms with Crippen molar-refractivity contribution in [2.24, 2.45) is 5.92 Å². The molecule has 0 bridgehead atoms. The minimum absolute atomic E-state index is 0.0235. The molecular weight excluding hydrogens is 211 g/mol. The van der Waals surface area contributed by atoms with Crippen molar-refractivity contribution in [2.75, 3.05) is 7.11 Å². The Morgan fingerprint density at radius 1 is 1.46 bits per heavy atom. The second kappa shape index (κ2) is 5.06. The minimum Gasteiger partial charge on any atom is -0.468 e. The van der Waals surface area contributed by atoms with Gasteiger partial charge in [-0.05, 0) is 12.8 Å². The molecule has 3 atom stereocenters. The second-order valence-corrected chi connectivity index (χ2v) is 4.42. The van der Waals surface area contributed by atoms with Gasteiger partial charge in [-0.2, -0.15) is 0 Å². The molecule has 76 valence electrons. The molecule has 0 N–H and O–H groups in total. The number of halogens is 2. The Labute approximate surface area is 88.5 Å². The standard InChI is InChI=1S/C9H14Cl2O2/c1-13-9(12)8(11)6-4-2-3-5-7(6)10/h6-8H,2-5H2,1H3. The topological polar surface area (TPSA) is 26.3 Å². The number of ether oxygens (including phenoxy) is 1. The summed E-state index contributed by atoms with van der Waals surface area (Å²) in [5, 5.41) is -0.553. The van der Waals surface area contributed by atoms with Gasteiger partial charge in [-0.25, -0.2) is 0 Å². The van der Waals surface area contributed by atoms with Crippen molar-refractivity contribution >= 4 is 29.2 Å². The monoisotopic (exact) mass is 224 g/mol. The SMILES string of the molecule is COC(=O)C(Cl)C1CCCCC1Cl. The van der Waals surface area contributed by atoms with Gasteiger partial charge in [0, 0.05) is 11.3 Å². The van der Waals surface area contributed by atoms with Crippen LogP contribution in [0.25, 0.3) is 0 Å². The maximum atomic E-state index is 11.1. The molecule has 0 heterocycles. The molecule has 3 unspecified atom stereocenters. The summed E-state index contributed by atoms with van der Waals surface area (Å²) >= 11 is 12.0. The minimum atomic E-state index is -0.576. The van der Waals surface area contributed by atoms with E-state index in [9.17, 15) is 4.79 Å². The van der Waals surface area contributed by atoms with Crippen LogP contribution in [0.4, 0.5) is 0 Å². The summed E-state index contributed by atoms with van der Waals surface area (Å²) in [7, 11) is 1.35. The van der Waals surface area contributed by atoms with E-state index in [0.717, 1.165) is 25.7 Å². The first kappa shape index (κ1) is 11.1. The van der Waals surface area contributed by atoms with Gasteiger partial charge >= 0.3 is 5.97 Å². The van der Waals surface area contributed by atoms with Crippen molar-refractivity contribution in [2.45, 2.75) is 36.4 Å². The van der Waals surface area contributed by atoms with Crippen molar-refractivity contribution in [3.63, 3.8) is 0 Å². The fraction of sp³-hybridized carbons (Fsp3) is 0.889. The van der Waals surface area contributed by atoms with E-state index in [1.54, 1.807) is 0 Å². The number of esters is 1. The lowest BCUT2D eigenvalue weighted by molar-refractivity contribution is -0.141. The summed E-state index contributed by atoms with van der Waals surface area (Å²) in [6.45, 7) is 0. The van der Waals surface area contributed by atoms with Crippen LogP contribution in [-0.4, -0.2) is 23.8 Å². The fourth-order valence-corrected chi connectivity index (χ4v) is 2.62. The maximum Gasteiger partial charge on any atom is 0.324 e. The van der Waals surface area contributed by atoms with Gasteiger partial charge in [-0.3, -0.25) is 4.79 Å². The fourth-order valence-electron chi connectivity index (χ4n) is 1.73. The highest BCUT2D eigenvalue weighted by atomic mass is 35.5. The summed E-state index contributed by atoms with van der Waals surface area (Å²) in [6, 6.07) is 0. The molecule has 1 aliphatic rings. The van der Waals surface area contributed by atoms with Crippen molar-refractivity contribution in [1.82, 2.24) is 0 Å². The molecule has 0 amide bonds. The zero-order valence-corrected chi connectivity index (χ0v) is 9.14. The predicted octanol–water partition coefficient (Wildman–Crippen LogP) is 2.56. The third-order valence-electron chi connectivity index (χ3n) is 2.53. The van der Waals surface area contributed by atoms with Gasteiger partial charge in [-0.1, -0.05) is 12.8 Å². The highest BCUT2D eigenvalue weighted by molar-refractivity contribution is 6.31. The van der Waals surface area contributed by atoms with Crippen LogP contribution in [0.3, 0.4) is 0 Å². The lowest BCUT2D eigenvalue weighted by Crippen LogP contribution is -2.34. The summed E-state index contributed by atoms with van der Waals surface area (Å²) < 4.78 is 4.58. The van der Waals surface area contributed by atoms with E-state index in [1.807, 2.05) is 0 Å². The number of hydrogen-bond donors (Lipinski definition) is 0. The number of rotatable bonds is 2. The van der Waals surface area contributed by atoms with Crippen molar-refractivity contribution in [1.29, 1.82) is 0 Å². The van der Waals surface area contributed by atoms with Crippen LogP contribution in [0.15, 0.2) is 0 Å². The Bertz CT molecular complexity index is 184. The van der Waals surface area contributed by atoms with Gasteiger partial charge in [-0.15, -0.1) is 23.2 Å². The Kier molecular flexibility index (Phi) is 4.33. The van der Waals surface area contributed by atoms with Gasteiger partial charge in [0.05, 0.1) is 7.11 Å².